The number of rotatable bonds is 8. The number of fused-ring (bicyclic) bond motifs is 1. The van der Waals surface area contributed by atoms with Crippen LogP contribution in [0.15, 0.2) is 67.0 Å². The molecule has 0 saturated carbocycles. The van der Waals surface area contributed by atoms with Crippen LogP contribution in [0, 0.1) is 0 Å². The summed E-state index contributed by atoms with van der Waals surface area (Å²) < 4.78 is 10.5. The van der Waals surface area contributed by atoms with Crippen LogP contribution >= 0.6 is 0 Å². The Labute approximate surface area is 190 Å². The molecule has 0 atom stereocenters. The molecule has 2 aromatic carbocycles. The third-order valence-corrected chi connectivity index (χ3v) is 5.22. The zero-order chi connectivity index (χ0) is 23.2. The van der Waals surface area contributed by atoms with Gasteiger partial charge in [-0.1, -0.05) is 30.3 Å². The van der Waals surface area contributed by atoms with Crippen LogP contribution in [0.1, 0.15) is 21.5 Å². The van der Waals surface area contributed by atoms with Gasteiger partial charge in [0.05, 0.1) is 38.1 Å². The lowest BCUT2D eigenvalue weighted by atomic mass is 10.1. The van der Waals surface area contributed by atoms with Crippen LogP contribution in [-0.4, -0.2) is 36.0 Å². The predicted octanol–water partition coefficient (Wildman–Crippen LogP) is 3.69. The Morgan fingerprint density at radius 1 is 1.03 bits per heavy atom. The molecule has 2 amide bonds. The summed E-state index contributed by atoms with van der Waals surface area (Å²) in [5, 5.41) is 6.37. The summed E-state index contributed by atoms with van der Waals surface area (Å²) in [5.41, 5.74) is 3.25. The Morgan fingerprint density at radius 2 is 1.82 bits per heavy atom. The summed E-state index contributed by atoms with van der Waals surface area (Å²) in [6, 6.07) is 16.6. The Kier molecular flexibility index (Phi) is 6.54. The fourth-order valence-electron chi connectivity index (χ4n) is 3.51. The van der Waals surface area contributed by atoms with E-state index in [4.69, 9.17) is 9.47 Å². The van der Waals surface area contributed by atoms with Crippen LogP contribution in [0.3, 0.4) is 0 Å². The average Bonchev–Trinajstić information content (AvgIpc) is 3.26. The molecule has 8 heteroatoms. The number of para-hydroxylation sites is 1. The highest BCUT2D eigenvalue weighted by Gasteiger charge is 2.15. The van der Waals surface area contributed by atoms with E-state index in [0.717, 1.165) is 16.9 Å². The van der Waals surface area contributed by atoms with Gasteiger partial charge in [0, 0.05) is 23.7 Å². The number of amides is 2. The molecule has 0 aliphatic heterocycles. The summed E-state index contributed by atoms with van der Waals surface area (Å²) >= 11 is 0. The number of nitrogens with one attached hydrogen (secondary N) is 3. The van der Waals surface area contributed by atoms with Crippen LogP contribution in [-0.2, 0) is 17.8 Å². The molecule has 0 unspecified atom stereocenters. The molecule has 8 nitrogen and oxygen atoms in total. The number of anilines is 1. The third kappa shape index (κ3) is 5.12. The van der Waals surface area contributed by atoms with Crippen molar-refractivity contribution < 1.29 is 19.1 Å². The van der Waals surface area contributed by atoms with Crippen molar-refractivity contribution in [2.24, 2.45) is 0 Å². The fraction of sp³-hybridized carbons (Fsp3) is 0.160. The lowest BCUT2D eigenvalue weighted by Crippen LogP contribution is -2.22. The van der Waals surface area contributed by atoms with Crippen LogP contribution in [0.5, 0.6) is 11.5 Å². The van der Waals surface area contributed by atoms with E-state index in [1.165, 1.54) is 0 Å². The summed E-state index contributed by atoms with van der Waals surface area (Å²) in [6.07, 6.45) is 3.38. The molecule has 0 fully saturated rings. The smallest absolute Gasteiger partial charge is 0.253 e. The molecule has 3 N–H and O–H groups in total. The van der Waals surface area contributed by atoms with E-state index in [1.807, 2.05) is 48.5 Å². The number of nitrogens with zero attached hydrogens (tertiary/aromatic N) is 1. The maximum atomic E-state index is 12.8. The quantitative estimate of drug-likeness (QED) is 0.384. The minimum atomic E-state index is -0.254. The van der Waals surface area contributed by atoms with Crippen LogP contribution < -0.4 is 20.1 Å². The SMILES string of the molecule is COc1ccc(CC(=O)Nc2cnc3[nH]cc(C(=O)NCc4ccccc4OC)c3c2)cc1. The maximum absolute atomic E-state index is 12.8. The highest BCUT2D eigenvalue weighted by atomic mass is 16.5. The summed E-state index contributed by atoms with van der Waals surface area (Å²) in [7, 11) is 3.19. The average molecular weight is 444 g/mol. The van der Waals surface area contributed by atoms with Crippen molar-refractivity contribution in [3.63, 3.8) is 0 Å². The number of carbonyl (C=O) groups excluding carboxylic acids is 2. The van der Waals surface area contributed by atoms with Crippen LogP contribution in [0.2, 0.25) is 0 Å². The van der Waals surface area contributed by atoms with Crippen molar-refractivity contribution in [1.82, 2.24) is 15.3 Å². The fourth-order valence-corrected chi connectivity index (χ4v) is 3.51. The predicted molar refractivity (Wildman–Crippen MR) is 126 cm³/mol. The molecule has 4 rings (SSSR count). The molecule has 0 spiro atoms. The van der Waals surface area contributed by atoms with Crippen molar-refractivity contribution in [3.8, 4) is 11.5 Å². The number of ether oxygens (including phenoxy) is 2. The summed E-state index contributed by atoms with van der Waals surface area (Å²) in [4.78, 5) is 32.6. The lowest BCUT2D eigenvalue weighted by Gasteiger charge is -2.09. The second-order valence-corrected chi connectivity index (χ2v) is 7.39. The van der Waals surface area contributed by atoms with Crippen LogP contribution in [0.4, 0.5) is 5.69 Å². The van der Waals surface area contributed by atoms with Crippen molar-refractivity contribution >= 4 is 28.5 Å². The molecule has 33 heavy (non-hydrogen) atoms. The van der Waals surface area contributed by atoms with E-state index < -0.39 is 0 Å². The van der Waals surface area contributed by atoms with Gasteiger partial charge in [-0.25, -0.2) is 4.98 Å². The molecule has 2 aromatic heterocycles. The highest BCUT2D eigenvalue weighted by Crippen LogP contribution is 2.22. The summed E-state index contributed by atoms with van der Waals surface area (Å²) in [6.45, 7) is 0.321. The molecular weight excluding hydrogens is 420 g/mol. The number of aromatic amines is 1. The first-order valence-electron chi connectivity index (χ1n) is 10.4. The monoisotopic (exact) mass is 444 g/mol. The number of carbonyl (C=O) groups is 2. The second-order valence-electron chi connectivity index (χ2n) is 7.39. The number of methoxy groups -OCH3 is 2. The minimum Gasteiger partial charge on any atom is -0.497 e. The van der Waals surface area contributed by atoms with E-state index in [1.54, 1.807) is 32.7 Å². The first kappa shape index (κ1) is 21.9. The zero-order valence-electron chi connectivity index (χ0n) is 18.3. The minimum absolute atomic E-state index is 0.181. The van der Waals surface area contributed by atoms with E-state index in [-0.39, 0.29) is 18.2 Å². The molecule has 0 radical (unpaired) electrons. The van der Waals surface area contributed by atoms with Gasteiger partial charge in [-0.3, -0.25) is 9.59 Å². The van der Waals surface area contributed by atoms with Crippen molar-refractivity contribution in [2.45, 2.75) is 13.0 Å². The first-order valence-corrected chi connectivity index (χ1v) is 10.4. The second kappa shape index (κ2) is 9.86. The molecule has 4 aromatic rings. The first-order chi connectivity index (χ1) is 16.1. The van der Waals surface area contributed by atoms with Crippen molar-refractivity contribution in [1.29, 1.82) is 0 Å². The lowest BCUT2D eigenvalue weighted by molar-refractivity contribution is -0.115. The molecule has 0 bridgehead atoms. The van der Waals surface area contributed by atoms with E-state index in [0.29, 0.717) is 34.6 Å². The van der Waals surface area contributed by atoms with Crippen molar-refractivity contribution in [3.05, 3.63) is 83.7 Å². The Hall–Kier alpha value is -4.33. The van der Waals surface area contributed by atoms with E-state index in [9.17, 15) is 9.59 Å². The molecule has 0 saturated heterocycles. The molecule has 0 aliphatic rings. The standard InChI is InChI=1S/C25H24N4O4/c1-32-19-9-7-16(8-10-19)11-23(30)29-18-12-20-21(15-27-24(20)26-14-18)25(31)28-13-17-5-3-4-6-22(17)33-2/h3-10,12,14-15H,11,13H2,1-2H3,(H,26,27)(H,28,31)(H,29,30). The van der Waals surface area contributed by atoms with Gasteiger partial charge >= 0.3 is 0 Å². The summed E-state index contributed by atoms with van der Waals surface area (Å²) in [5.74, 6) is 1.01. The Morgan fingerprint density at radius 3 is 2.58 bits per heavy atom. The number of H-pyrrole nitrogens is 1. The van der Waals surface area contributed by atoms with Crippen molar-refractivity contribution in [2.75, 3.05) is 19.5 Å². The van der Waals surface area contributed by atoms with Gasteiger partial charge < -0.3 is 25.1 Å². The van der Waals surface area contributed by atoms with Gasteiger partial charge in [-0.15, -0.1) is 0 Å². The van der Waals surface area contributed by atoms with Gasteiger partial charge in [0.25, 0.3) is 5.91 Å². The van der Waals surface area contributed by atoms with Crippen LogP contribution in [0.25, 0.3) is 11.0 Å². The third-order valence-electron chi connectivity index (χ3n) is 5.22. The molecule has 2 heterocycles. The van der Waals surface area contributed by atoms with E-state index >= 15 is 0 Å². The number of pyridine rings is 1. The largest absolute Gasteiger partial charge is 0.497 e. The highest BCUT2D eigenvalue weighted by molar-refractivity contribution is 6.07. The van der Waals surface area contributed by atoms with Gasteiger partial charge in [0.2, 0.25) is 5.91 Å². The Balaban J connectivity index is 1.45. The zero-order valence-corrected chi connectivity index (χ0v) is 18.3. The Bertz CT molecular complexity index is 1280. The van der Waals surface area contributed by atoms with Gasteiger partial charge in [-0.2, -0.15) is 0 Å². The number of aromatic nitrogens is 2. The topological polar surface area (TPSA) is 105 Å². The number of hydrogen-bond acceptors (Lipinski definition) is 5. The van der Waals surface area contributed by atoms with Gasteiger partial charge in [0.1, 0.15) is 17.1 Å². The maximum Gasteiger partial charge on any atom is 0.253 e. The van der Waals surface area contributed by atoms with E-state index in [2.05, 4.69) is 20.6 Å². The molecule has 0 aliphatic carbocycles. The van der Waals surface area contributed by atoms with Gasteiger partial charge in [-0.05, 0) is 29.8 Å². The molecular formula is C25H24N4O4. The molecule has 168 valence electrons. The number of hydrogen-bond donors (Lipinski definition) is 3. The normalized spacial score (nSPS) is 10.6. The van der Waals surface area contributed by atoms with Gasteiger partial charge in [0.15, 0.2) is 0 Å². The number of benzene rings is 2.